The van der Waals surface area contributed by atoms with Crippen LogP contribution in [0, 0.1) is 0 Å². The maximum Gasteiger partial charge on any atom is 0.246 e. The Hall–Kier alpha value is -0.990. The molecule has 2 aliphatic heterocycles. The molecule has 2 amide bonds. The van der Waals surface area contributed by atoms with Crippen molar-refractivity contribution < 1.29 is 18.0 Å². The van der Waals surface area contributed by atoms with E-state index in [0.29, 0.717) is 32.5 Å². The second-order valence-electron chi connectivity index (χ2n) is 5.34. The van der Waals surface area contributed by atoms with Crippen LogP contribution in [0.1, 0.15) is 26.2 Å². The first kappa shape index (κ1) is 15.4. The minimum Gasteiger partial charge on any atom is -0.303 e. The Balaban J connectivity index is 1.88. The molecule has 0 aromatic heterocycles. The first-order chi connectivity index (χ1) is 9.32. The summed E-state index contributed by atoms with van der Waals surface area (Å²) in [6.07, 6.45) is 2.74. The molecular formula is C12H21N3O4S. The van der Waals surface area contributed by atoms with Crippen LogP contribution in [0.2, 0.25) is 0 Å². The van der Waals surface area contributed by atoms with Crippen molar-refractivity contribution in [3.05, 3.63) is 0 Å². The third-order valence-corrected chi connectivity index (χ3v) is 5.22. The molecule has 0 aromatic carbocycles. The lowest BCUT2D eigenvalue weighted by molar-refractivity contribution is -0.138. The van der Waals surface area contributed by atoms with Gasteiger partial charge in [-0.15, -0.1) is 0 Å². The highest BCUT2D eigenvalue weighted by atomic mass is 32.2. The molecule has 2 fully saturated rings. The quantitative estimate of drug-likeness (QED) is 0.684. The number of sulfonamides is 1. The molecule has 20 heavy (non-hydrogen) atoms. The average molecular weight is 303 g/mol. The van der Waals surface area contributed by atoms with Crippen LogP contribution in [0.25, 0.3) is 0 Å². The van der Waals surface area contributed by atoms with Crippen LogP contribution in [-0.4, -0.2) is 67.4 Å². The number of carbonyl (C=O) groups excluding carboxylic acids is 2. The lowest BCUT2D eigenvalue weighted by atomic mass is 10.1. The fraction of sp³-hybridized carbons (Fsp3) is 0.833. The SMILES string of the molecule is CCN1C(=O)CC(NC2CCN(S(C)(=O)=O)CC2)C1=O. The van der Waals surface area contributed by atoms with E-state index in [1.165, 1.54) is 15.5 Å². The number of likely N-dealkylation sites (N-methyl/N-ethyl adjacent to an activating group) is 1. The van der Waals surface area contributed by atoms with Crippen molar-refractivity contribution in [2.45, 2.75) is 38.3 Å². The summed E-state index contributed by atoms with van der Waals surface area (Å²) in [5.41, 5.74) is 0. The number of amides is 2. The van der Waals surface area contributed by atoms with Gasteiger partial charge in [-0.1, -0.05) is 0 Å². The fourth-order valence-electron chi connectivity index (χ4n) is 2.78. The molecule has 0 aromatic rings. The number of carbonyl (C=O) groups is 2. The van der Waals surface area contributed by atoms with E-state index in [2.05, 4.69) is 5.32 Å². The second kappa shape index (κ2) is 5.79. The molecule has 0 radical (unpaired) electrons. The summed E-state index contributed by atoms with van der Waals surface area (Å²) >= 11 is 0. The summed E-state index contributed by atoms with van der Waals surface area (Å²) in [6.45, 7) is 3.11. The molecule has 8 heteroatoms. The summed E-state index contributed by atoms with van der Waals surface area (Å²) in [7, 11) is -3.13. The molecule has 1 atom stereocenters. The number of piperidine rings is 1. The van der Waals surface area contributed by atoms with E-state index in [4.69, 9.17) is 0 Å². The van der Waals surface area contributed by atoms with Gasteiger partial charge < -0.3 is 5.32 Å². The molecule has 7 nitrogen and oxygen atoms in total. The van der Waals surface area contributed by atoms with Crippen LogP contribution in [0.5, 0.6) is 0 Å². The van der Waals surface area contributed by atoms with E-state index in [-0.39, 0.29) is 24.3 Å². The topological polar surface area (TPSA) is 86.8 Å². The number of likely N-dealkylation sites (tertiary alicyclic amines) is 1. The first-order valence-electron chi connectivity index (χ1n) is 6.88. The van der Waals surface area contributed by atoms with Crippen molar-refractivity contribution in [1.29, 1.82) is 0 Å². The minimum atomic E-state index is -3.13. The smallest absolute Gasteiger partial charge is 0.246 e. The van der Waals surface area contributed by atoms with Gasteiger partial charge in [0.2, 0.25) is 21.8 Å². The number of nitrogens with one attached hydrogen (secondary N) is 1. The Morgan fingerprint density at radius 2 is 1.85 bits per heavy atom. The lowest BCUT2D eigenvalue weighted by Crippen LogP contribution is -2.49. The van der Waals surface area contributed by atoms with Crippen LogP contribution < -0.4 is 5.32 Å². The number of nitrogens with zero attached hydrogens (tertiary/aromatic N) is 2. The Bertz CT molecular complexity index is 497. The Morgan fingerprint density at radius 3 is 2.30 bits per heavy atom. The van der Waals surface area contributed by atoms with Gasteiger partial charge in [0.05, 0.1) is 18.7 Å². The highest BCUT2D eigenvalue weighted by molar-refractivity contribution is 7.88. The van der Waals surface area contributed by atoms with Gasteiger partial charge in [0.25, 0.3) is 0 Å². The van der Waals surface area contributed by atoms with Gasteiger partial charge in [-0.25, -0.2) is 12.7 Å². The molecule has 2 rings (SSSR count). The van der Waals surface area contributed by atoms with Crippen LogP contribution >= 0.6 is 0 Å². The van der Waals surface area contributed by atoms with E-state index in [9.17, 15) is 18.0 Å². The van der Waals surface area contributed by atoms with Gasteiger partial charge >= 0.3 is 0 Å². The summed E-state index contributed by atoms with van der Waals surface area (Å²) in [5.74, 6) is -0.299. The number of rotatable bonds is 4. The van der Waals surface area contributed by atoms with Gasteiger partial charge in [0.1, 0.15) is 0 Å². The van der Waals surface area contributed by atoms with Crippen LogP contribution in [0.15, 0.2) is 0 Å². The molecule has 2 aliphatic rings. The Kier molecular flexibility index (Phi) is 4.46. The van der Waals surface area contributed by atoms with Crippen molar-refractivity contribution >= 4 is 21.8 Å². The van der Waals surface area contributed by atoms with Crippen molar-refractivity contribution in [1.82, 2.24) is 14.5 Å². The van der Waals surface area contributed by atoms with Gasteiger partial charge in [-0.3, -0.25) is 14.5 Å². The molecule has 0 spiro atoms. The largest absolute Gasteiger partial charge is 0.303 e. The molecule has 1 N–H and O–H groups in total. The highest BCUT2D eigenvalue weighted by Crippen LogP contribution is 2.18. The summed E-state index contributed by atoms with van der Waals surface area (Å²) < 4.78 is 24.3. The summed E-state index contributed by atoms with van der Waals surface area (Å²) in [4.78, 5) is 24.9. The number of imide groups is 1. The van der Waals surface area contributed by atoms with Gasteiger partial charge in [-0.05, 0) is 19.8 Å². The lowest BCUT2D eigenvalue weighted by Gasteiger charge is -2.31. The van der Waals surface area contributed by atoms with Crippen molar-refractivity contribution in [2.24, 2.45) is 0 Å². The van der Waals surface area contributed by atoms with Crippen LogP contribution in [-0.2, 0) is 19.6 Å². The predicted octanol–water partition coefficient (Wildman–Crippen LogP) is -0.853. The van der Waals surface area contributed by atoms with Gasteiger partial charge in [0, 0.05) is 25.7 Å². The van der Waals surface area contributed by atoms with Crippen molar-refractivity contribution in [2.75, 3.05) is 25.9 Å². The van der Waals surface area contributed by atoms with Crippen LogP contribution in [0.4, 0.5) is 0 Å². The normalized spacial score (nSPS) is 26.5. The summed E-state index contributed by atoms with van der Waals surface area (Å²) in [6, 6.07) is -0.358. The molecule has 0 aliphatic carbocycles. The molecular weight excluding hydrogens is 282 g/mol. The molecule has 2 heterocycles. The van der Waals surface area contributed by atoms with E-state index in [0.717, 1.165) is 0 Å². The van der Waals surface area contributed by atoms with E-state index in [1.54, 1.807) is 6.92 Å². The standard InChI is InChI=1S/C12H21N3O4S/c1-3-15-11(16)8-10(12(15)17)13-9-4-6-14(7-5-9)20(2,18)19/h9-10,13H,3-8H2,1-2H3. The zero-order chi connectivity index (χ0) is 14.9. The van der Waals surface area contributed by atoms with Crippen LogP contribution in [0.3, 0.4) is 0 Å². The zero-order valence-corrected chi connectivity index (χ0v) is 12.6. The molecule has 2 saturated heterocycles. The Morgan fingerprint density at radius 1 is 1.25 bits per heavy atom. The monoisotopic (exact) mass is 303 g/mol. The van der Waals surface area contributed by atoms with Gasteiger partial charge in [-0.2, -0.15) is 0 Å². The highest BCUT2D eigenvalue weighted by Gasteiger charge is 2.39. The van der Waals surface area contributed by atoms with E-state index in [1.807, 2.05) is 0 Å². The maximum absolute atomic E-state index is 12.0. The number of hydrogen-bond donors (Lipinski definition) is 1. The van der Waals surface area contributed by atoms with Crippen molar-refractivity contribution in [3.63, 3.8) is 0 Å². The molecule has 1 unspecified atom stereocenters. The van der Waals surface area contributed by atoms with E-state index < -0.39 is 16.1 Å². The fourth-order valence-corrected chi connectivity index (χ4v) is 3.66. The second-order valence-corrected chi connectivity index (χ2v) is 7.32. The third kappa shape index (κ3) is 3.18. The third-order valence-electron chi connectivity index (χ3n) is 3.92. The zero-order valence-electron chi connectivity index (χ0n) is 11.8. The predicted molar refractivity (Wildman–Crippen MR) is 73.4 cm³/mol. The molecule has 114 valence electrons. The first-order valence-corrected chi connectivity index (χ1v) is 8.73. The molecule has 0 bridgehead atoms. The van der Waals surface area contributed by atoms with Crippen molar-refractivity contribution in [3.8, 4) is 0 Å². The maximum atomic E-state index is 12.0. The van der Waals surface area contributed by atoms with E-state index >= 15 is 0 Å². The Labute approximate surface area is 119 Å². The average Bonchev–Trinajstić information content (AvgIpc) is 2.63. The van der Waals surface area contributed by atoms with Gasteiger partial charge in [0.15, 0.2) is 0 Å². The summed E-state index contributed by atoms with van der Waals surface area (Å²) in [5, 5.41) is 3.20. The minimum absolute atomic E-state index is 0.0894. The number of hydrogen-bond acceptors (Lipinski definition) is 5. The molecule has 0 saturated carbocycles.